The van der Waals surface area contributed by atoms with Gasteiger partial charge < -0.3 is 4.74 Å². The molecule has 1 aliphatic rings. The van der Waals surface area contributed by atoms with Crippen LogP contribution in [-0.4, -0.2) is 20.9 Å². The number of carbonyl (C=O) groups excluding carboxylic acids is 1. The zero-order chi connectivity index (χ0) is 13.9. The van der Waals surface area contributed by atoms with E-state index in [1.807, 2.05) is 11.6 Å². The van der Waals surface area contributed by atoms with Crippen molar-refractivity contribution < 1.29 is 17.9 Å². The maximum atomic E-state index is 12.0. The second-order valence-electron chi connectivity index (χ2n) is 4.37. The third kappa shape index (κ3) is 3.35. The van der Waals surface area contributed by atoms with Crippen molar-refractivity contribution in [3.63, 3.8) is 0 Å². The molecule has 0 spiro atoms. The first-order valence-corrected chi connectivity index (χ1v) is 7.42. The molecule has 0 radical (unpaired) electrons. The summed E-state index contributed by atoms with van der Waals surface area (Å²) in [6.45, 7) is 2.42. The number of hydrogen-bond donors (Lipinski definition) is 1. The van der Waals surface area contributed by atoms with Crippen LogP contribution < -0.4 is 4.72 Å². The molecule has 0 bridgehead atoms. The minimum absolute atomic E-state index is 0.0729. The van der Waals surface area contributed by atoms with Gasteiger partial charge in [-0.2, -0.15) is 0 Å². The van der Waals surface area contributed by atoms with Crippen molar-refractivity contribution in [2.75, 3.05) is 6.61 Å². The van der Waals surface area contributed by atoms with Crippen LogP contribution in [0.4, 0.5) is 0 Å². The molecule has 1 aliphatic heterocycles. The molecule has 0 saturated carbocycles. The molecule has 0 atom stereocenters. The normalized spacial score (nSPS) is 15.3. The summed E-state index contributed by atoms with van der Waals surface area (Å²) in [6.07, 6.45) is 2.56. The predicted molar refractivity (Wildman–Crippen MR) is 69.8 cm³/mol. The standard InChI is InChI=1S/C13H15NO4S/c1-10-4-6-12(7-5-10)19(16,17)14-13(15)11-3-2-8-18-9-11/h4-7,9H,2-3,8H2,1H3,(H,14,15). The lowest BCUT2D eigenvalue weighted by Gasteiger charge is -2.13. The van der Waals surface area contributed by atoms with Gasteiger partial charge in [-0.15, -0.1) is 0 Å². The number of aryl methyl sites for hydroxylation is 1. The van der Waals surface area contributed by atoms with E-state index in [0.717, 1.165) is 5.56 Å². The Morgan fingerprint density at radius 3 is 2.53 bits per heavy atom. The Kier molecular flexibility index (Phi) is 3.90. The number of sulfonamides is 1. The fourth-order valence-electron chi connectivity index (χ4n) is 1.70. The Morgan fingerprint density at radius 1 is 1.26 bits per heavy atom. The lowest BCUT2D eigenvalue weighted by Crippen LogP contribution is -2.32. The molecule has 19 heavy (non-hydrogen) atoms. The molecule has 5 nitrogen and oxygen atoms in total. The third-order valence-corrected chi connectivity index (χ3v) is 4.13. The summed E-state index contributed by atoms with van der Waals surface area (Å²) in [5.41, 5.74) is 1.30. The van der Waals surface area contributed by atoms with Gasteiger partial charge in [-0.3, -0.25) is 4.79 Å². The highest BCUT2D eigenvalue weighted by Crippen LogP contribution is 2.14. The lowest BCUT2D eigenvalue weighted by molar-refractivity contribution is -0.116. The van der Waals surface area contributed by atoms with Crippen LogP contribution in [0.25, 0.3) is 0 Å². The topological polar surface area (TPSA) is 72.5 Å². The summed E-state index contributed by atoms with van der Waals surface area (Å²) >= 11 is 0. The van der Waals surface area contributed by atoms with Crippen LogP contribution in [0.1, 0.15) is 18.4 Å². The van der Waals surface area contributed by atoms with Crippen LogP contribution in [0.15, 0.2) is 41.0 Å². The fraction of sp³-hybridized carbons (Fsp3) is 0.308. The van der Waals surface area contributed by atoms with E-state index in [0.29, 0.717) is 25.0 Å². The number of rotatable bonds is 3. The minimum Gasteiger partial charge on any atom is -0.501 e. The van der Waals surface area contributed by atoms with E-state index < -0.39 is 15.9 Å². The molecule has 0 fully saturated rings. The monoisotopic (exact) mass is 281 g/mol. The van der Waals surface area contributed by atoms with Crippen LogP contribution in [0.2, 0.25) is 0 Å². The van der Waals surface area contributed by atoms with Crippen LogP contribution in [0.5, 0.6) is 0 Å². The van der Waals surface area contributed by atoms with Gasteiger partial charge in [0.1, 0.15) is 0 Å². The molecule has 1 N–H and O–H groups in total. The molecule has 1 aromatic rings. The van der Waals surface area contributed by atoms with E-state index in [4.69, 9.17) is 4.74 Å². The van der Waals surface area contributed by atoms with Gasteiger partial charge in [0.15, 0.2) is 0 Å². The number of nitrogens with one attached hydrogen (secondary N) is 1. The fourth-order valence-corrected chi connectivity index (χ4v) is 2.68. The Labute approximate surface area is 112 Å². The van der Waals surface area contributed by atoms with Crippen molar-refractivity contribution >= 4 is 15.9 Å². The molecular formula is C13H15NO4S. The third-order valence-electron chi connectivity index (χ3n) is 2.78. The Morgan fingerprint density at radius 2 is 1.95 bits per heavy atom. The highest BCUT2D eigenvalue weighted by atomic mass is 32.2. The molecule has 0 saturated heterocycles. The van der Waals surface area contributed by atoms with Gasteiger partial charge >= 0.3 is 0 Å². The summed E-state index contributed by atoms with van der Waals surface area (Å²) in [7, 11) is -3.82. The van der Waals surface area contributed by atoms with Crippen molar-refractivity contribution in [2.45, 2.75) is 24.7 Å². The average Bonchev–Trinajstić information content (AvgIpc) is 2.40. The van der Waals surface area contributed by atoms with Gasteiger partial charge in [0.25, 0.3) is 15.9 Å². The quantitative estimate of drug-likeness (QED) is 0.911. The van der Waals surface area contributed by atoms with Gasteiger partial charge in [-0.1, -0.05) is 17.7 Å². The maximum Gasteiger partial charge on any atom is 0.264 e. The number of carbonyl (C=O) groups is 1. The van der Waals surface area contributed by atoms with Gasteiger partial charge in [0, 0.05) is 0 Å². The minimum atomic E-state index is -3.82. The van der Waals surface area contributed by atoms with Crippen LogP contribution in [-0.2, 0) is 19.6 Å². The van der Waals surface area contributed by atoms with Crippen LogP contribution in [0.3, 0.4) is 0 Å². The van der Waals surface area contributed by atoms with Gasteiger partial charge in [0.05, 0.1) is 23.3 Å². The van der Waals surface area contributed by atoms with Crippen LogP contribution in [0, 0.1) is 6.92 Å². The highest BCUT2D eigenvalue weighted by Gasteiger charge is 2.21. The molecule has 102 valence electrons. The Balaban J connectivity index is 2.15. The van der Waals surface area contributed by atoms with Crippen molar-refractivity contribution in [3.8, 4) is 0 Å². The SMILES string of the molecule is Cc1ccc(S(=O)(=O)NC(=O)C2=COCCC2)cc1. The first-order valence-electron chi connectivity index (χ1n) is 5.93. The van der Waals surface area contributed by atoms with E-state index in [-0.39, 0.29) is 4.90 Å². The highest BCUT2D eigenvalue weighted by molar-refractivity contribution is 7.90. The molecule has 0 aromatic heterocycles. The van der Waals surface area contributed by atoms with Crippen molar-refractivity contribution in [2.24, 2.45) is 0 Å². The summed E-state index contributed by atoms with van der Waals surface area (Å²) in [4.78, 5) is 11.9. The van der Waals surface area contributed by atoms with Crippen molar-refractivity contribution in [1.29, 1.82) is 0 Å². The lowest BCUT2D eigenvalue weighted by atomic mass is 10.1. The molecule has 1 heterocycles. The first-order chi connectivity index (χ1) is 8.99. The molecular weight excluding hydrogens is 266 g/mol. The summed E-state index contributed by atoms with van der Waals surface area (Å²) in [5.74, 6) is -0.625. The largest absolute Gasteiger partial charge is 0.501 e. The zero-order valence-electron chi connectivity index (χ0n) is 10.5. The van der Waals surface area contributed by atoms with Crippen molar-refractivity contribution in [1.82, 2.24) is 4.72 Å². The Bertz CT molecular complexity index is 602. The number of benzene rings is 1. The molecule has 2 rings (SSSR count). The van der Waals surface area contributed by atoms with Crippen LogP contribution >= 0.6 is 0 Å². The summed E-state index contributed by atoms with van der Waals surface area (Å²) in [5, 5.41) is 0. The second kappa shape index (κ2) is 5.44. The smallest absolute Gasteiger partial charge is 0.264 e. The van der Waals surface area contributed by atoms with E-state index in [2.05, 4.69) is 0 Å². The molecule has 0 unspecified atom stereocenters. The van der Waals surface area contributed by atoms with E-state index in [1.54, 1.807) is 12.1 Å². The second-order valence-corrected chi connectivity index (χ2v) is 6.05. The maximum absolute atomic E-state index is 12.0. The average molecular weight is 281 g/mol. The molecule has 1 amide bonds. The summed E-state index contributed by atoms with van der Waals surface area (Å²) in [6, 6.07) is 6.30. The van der Waals surface area contributed by atoms with Gasteiger partial charge in [-0.25, -0.2) is 13.1 Å². The van der Waals surface area contributed by atoms with Gasteiger partial charge in [-0.05, 0) is 31.9 Å². The Hall–Kier alpha value is -1.82. The number of hydrogen-bond acceptors (Lipinski definition) is 4. The predicted octanol–water partition coefficient (Wildman–Crippen LogP) is 1.49. The number of ether oxygens (including phenoxy) is 1. The zero-order valence-corrected chi connectivity index (χ0v) is 11.4. The molecule has 1 aromatic carbocycles. The molecule has 6 heteroatoms. The van der Waals surface area contributed by atoms with E-state index in [9.17, 15) is 13.2 Å². The first kappa shape index (κ1) is 13.6. The number of amides is 1. The van der Waals surface area contributed by atoms with Gasteiger partial charge in [0.2, 0.25) is 0 Å². The summed E-state index contributed by atoms with van der Waals surface area (Å²) < 4.78 is 31.1. The van der Waals surface area contributed by atoms with Crippen molar-refractivity contribution in [3.05, 3.63) is 41.7 Å². The van der Waals surface area contributed by atoms with E-state index in [1.165, 1.54) is 18.4 Å². The van der Waals surface area contributed by atoms with E-state index >= 15 is 0 Å². The molecule has 0 aliphatic carbocycles.